The summed E-state index contributed by atoms with van der Waals surface area (Å²) in [7, 11) is 0. The number of ether oxygens (including phenoxy) is 1. The molecule has 8 rings (SSSR count). The van der Waals surface area contributed by atoms with Crippen LogP contribution in [0.15, 0.2) is 133 Å². The number of pyridine rings is 2. The summed E-state index contributed by atoms with van der Waals surface area (Å²) in [6.07, 6.45) is 0. The lowest BCUT2D eigenvalue weighted by Crippen LogP contribution is -2.11. The molecule has 5 heteroatoms. The molecule has 0 aliphatic heterocycles. The van der Waals surface area contributed by atoms with Crippen molar-refractivity contribution in [3.8, 4) is 45.5 Å². The number of phenols is 1. The fraction of sp³-hybridized carbons (Fsp3) is 0.116. The molecule has 3 heterocycles. The molecule has 0 saturated carbocycles. The third kappa shape index (κ3) is 5.05. The molecule has 0 bridgehead atoms. The Morgan fingerprint density at radius 2 is 1.31 bits per heavy atom. The average Bonchev–Trinajstić information content (AvgIpc) is 3.42. The zero-order valence-electron chi connectivity index (χ0n) is 27.4. The van der Waals surface area contributed by atoms with E-state index in [0.29, 0.717) is 17.1 Å². The van der Waals surface area contributed by atoms with Crippen molar-refractivity contribution in [3.63, 3.8) is 0 Å². The highest BCUT2D eigenvalue weighted by atomic mass is 16.5. The van der Waals surface area contributed by atoms with Crippen LogP contribution in [0.3, 0.4) is 0 Å². The predicted molar refractivity (Wildman–Crippen MR) is 196 cm³/mol. The average molecular weight is 626 g/mol. The van der Waals surface area contributed by atoms with E-state index in [4.69, 9.17) is 14.7 Å². The lowest BCUT2D eigenvalue weighted by atomic mass is 9.84. The quantitative estimate of drug-likeness (QED) is 0.207. The summed E-state index contributed by atoms with van der Waals surface area (Å²) in [5.41, 5.74) is 8.33. The van der Waals surface area contributed by atoms with Gasteiger partial charge in [0.25, 0.3) is 0 Å². The summed E-state index contributed by atoms with van der Waals surface area (Å²) < 4.78 is 8.83. The molecule has 5 nitrogen and oxygen atoms in total. The topological polar surface area (TPSA) is 60.2 Å². The van der Waals surface area contributed by atoms with Crippen LogP contribution >= 0.6 is 0 Å². The maximum Gasteiger partial charge on any atom is 0.220 e. The minimum absolute atomic E-state index is 0.0582. The summed E-state index contributed by atoms with van der Waals surface area (Å²) >= 11 is 0. The fourth-order valence-corrected chi connectivity index (χ4v) is 6.77. The van der Waals surface area contributed by atoms with Gasteiger partial charge in [0.05, 0.1) is 11.0 Å². The van der Waals surface area contributed by atoms with Crippen LogP contribution in [-0.2, 0) is 5.41 Å². The van der Waals surface area contributed by atoms with Gasteiger partial charge in [0, 0.05) is 39.5 Å². The standard InChI is InChI=1S/C43H35N3O2/c1-27-13-11-20-38(44-27)46-36-19-12-18-35(43(2,3)4)40(36)33-22-21-30(25-37(33)46)48-39-26-34(29-16-9-6-10-17-29)32-24-23-31(42(47)41(32)45-39)28-14-7-5-8-15-28/h5-26,47H,1-4H3. The van der Waals surface area contributed by atoms with Gasteiger partial charge in [0.2, 0.25) is 5.88 Å². The van der Waals surface area contributed by atoms with Crippen LogP contribution in [-0.4, -0.2) is 19.6 Å². The second-order valence-corrected chi connectivity index (χ2v) is 13.3. The number of hydrogen-bond acceptors (Lipinski definition) is 4. The van der Waals surface area contributed by atoms with Gasteiger partial charge in [0.15, 0.2) is 0 Å². The smallest absolute Gasteiger partial charge is 0.220 e. The molecule has 0 saturated heterocycles. The Morgan fingerprint density at radius 3 is 2.02 bits per heavy atom. The van der Waals surface area contributed by atoms with E-state index in [1.165, 1.54) is 10.9 Å². The highest BCUT2D eigenvalue weighted by molar-refractivity contribution is 6.11. The zero-order valence-corrected chi connectivity index (χ0v) is 27.4. The second-order valence-electron chi connectivity index (χ2n) is 13.3. The molecule has 0 spiro atoms. The van der Waals surface area contributed by atoms with Gasteiger partial charge in [-0.25, -0.2) is 9.97 Å². The van der Waals surface area contributed by atoms with E-state index in [1.54, 1.807) is 0 Å². The Balaban J connectivity index is 1.33. The third-order valence-electron chi connectivity index (χ3n) is 9.00. The minimum atomic E-state index is -0.0582. The first kappa shape index (κ1) is 29.5. The van der Waals surface area contributed by atoms with E-state index >= 15 is 0 Å². The van der Waals surface area contributed by atoms with Gasteiger partial charge in [-0.3, -0.25) is 4.57 Å². The maximum atomic E-state index is 11.6. The molecule has 5 aromatic carbocycles. The molecule has 0 fully saturated rings. The lowest BCUT2D eigenvalue weighted by molar-refractivity contribution is 0.461. The molecule has 1 N–H and O–H groups in total. The molecular weight excluding hydrogens is 590 g/mol. The Labute approximate surface area is 279 Å². The van der Waals surface area contributed by atoms with Crippen LogP contribution in [0.5, 0.6) is 17.4 Å². The number of nitrogens with zero attached hydrogens (tertiary/aromatic N) is 3. The molecule has 8 aromatic rings. The number of aryl methyl sites for hydroxylation is 1. The molecular formula is C43H35N3O2. The van der Waals surface area contributed by atoms with Crippen molar-refractivity contribution >= 4 is 32.7 Å². The Hall–Kier alpha value is -5.94. The molecule has 48 heavy (non-hydrogen) atoms. The molecule has 0 radical (unpaired) electrons. The first-order chi connectivity index (χ1) is 23.3. The molecule has 3 aromatic heterocycles. The number of aromatic hydroxyl groups is 1. The van der Waals surface area contributed by atoms with Gasteiger partial charge >= 0.3 is 0 Å². The van der Waals surface area contributed by atoms with Crippen LogP contribution in [0.2, 0.25) is 0 Å². The third-order valence-corrected chi connectivity index (χ3v) is 9.00. The summed E-state index contributed by atoms with van der Waals surface area (Å²) in [6.45, 7) is 8.77. The van der Waals surface area contributed by atoms with Gasteiger partial charge in [-0.05, 0) is 71.0 Å². The van der Waals surface area contributed by atoms with Crippen molar-refractivity contribution in [1.29, 1.82) is 0 Å². The van der Waals surface area contributed by atoms with Crippen molar-refractivity contribution < 1.29 is 9.84 Å². The number of hydrogen-bond donors (Lipinski definition) is 1. The number of phenolic OH excluding ortho intramolecular Hbond substituents is 1. The van der Waals surface area contributed by atoms with Gasteiger partial charge < -0.3 is 9.84 Å². The highest BCUT2D eigenvalue weighted by Gasteiger charge is 2.23. The van der Waals surface area contributed by atoms with Crippen LogP contribution in [0.25, 0.3) is 60.8 Å². The Bertz CT molecular complexity index is 2480. The van der Waals surface area contributed by atoms with Gasteiger partial charge in [-0.15, -0.1) is 0 Å². The lowest BCUT2D eigenvalue weighted by Gasteiger charge is -2.20. The van der Waals surface area contributed by atoms with Crippen LogP contribution in [0, 0.1) is 6.92 Å². The van der Waals surface area contributed by atoms with E-state index in [1.807, 2.05) is 97.9 Å². The summed E-state index contributed by atoms with van der Waals surface area (Å²) in [6, 6.07) is 44.8. The van der Waals surface area contributed by atoms with E-state index in [0.717, 1.165) is 55.6 Å². The van der Waals surface area contributed by atoms with Crippen LogP contribution in [0.1, 0.15) is 32.0 Å². The maximum absolute atomic E-state index is 11.6. The number of benzene rings is 5. The molecule has 0 amide bonds. The Kier molecular flexibility index (Phi) is 6.99. The van der Waals surface area contributed by atoms with E-state index in [-0.39, 0.29) is 11.2 Å². The largest absolute Gasteiger partial charge is 0.505 e. The Morgan fingerprint density at radius 1 is 0.625 bits per heavy atom. The number of rotatable bonds is 5. The summed E-state index contributed by atoms with van der Waals surface area (Å²) in [5, 5.41) is 14.8. The molecule has 0 atom stereocenters. The fourth-order valence-electron chi connectivity index (χ4n) is 6.77. The van der Waals surface area contributed by atoms with Crippen molar-refractivity contribution in [2.75, 3.05) is 0 Å². The van der Waals surface area contributed by atoms with Crippen LogP contribution in [0.4, 0.5) is 0 Å². The second kappa shape index (κ2) is 11.4. The molecule has 0 aliphatic carbocycles. The SMILES string of the molecule is Cc1cccc(-n2c3cc(Oc4cc(-c5ccccc5)c5ccc(-c6ccccc6)c(O)c5n4)ccc3c3c(C(C)(C)C)cccc32)n1. The van der Waals surface area contributed by atoms with Crippen molar-refractivity contribution in [2.45, 2.75) is 33.1 Å². The van der Waals surface area contributed by atoms with Gasteiger partial charge in [-0.2, -0.15) is 0 Å². The summed E-state index contributed by atoms with van der Waals surface area (Å²) in [4.78, 5) is 9.84. The van der Waals surface area contributed by atoms with Crippen molar-refractivity contribution in [2.24, 2.45) is 0 Å². The zero-order chi connectivity index (χ0) is 33.0. The first-order valence-electron chi connectivity index (χ1n) is 16.2. The minimum Gasteiger partial charge on any atom is -0.505 e. The molecule has 0 unspecified atom stereocenters. The number of aromatic nitrogens is 3. The van der Waals surface area contributed by atoms with E-state index in [2.05, 4.69) is 67.8 Å². The summed E-state index contributed by atoms with van der Waals surface area (Å²) in [5.74, 6) is 2.01. The van der Waals surface area contributed by atoms with Crippen molar-refractivity contribution in [3.05, 3.63) is 145 Å². The normalized spacial score (nSPS) is 11.8. The van der Waals surface area contributed by atoms with E-state index in [9.17, 15) is 5.11 Å². The van der Waals surface area contributed by atoms with Crippen molar-refractivity contribution in [1.82, 2.24) is 14.5 Å². The van der Waals surface area contributed by atoms with E-state index < -0.39 is 0 Å². The first-order valence-corrected chi connectivity index (χ1v) is 16.2. The van der Waals surface area contributed by atoms with Crippen LogP contribution < -0.4 is 4.74 Å². The number of fused-ring (bicyclic) bond motifs is 4. The predicted octanol–water partition coefficient (Wildman–Crippen LogP) is 11.2. The monoisotopic (exact) mass is 625 g/mol. The molecule has 234 valence electrons. The van der Waals surface area contributed by atoms with Gasteiger partial charge in [-0.1, -0.05) is 106 Å². The molecule has 0 aliphatic rings. The van der Waals surface area contributed by atoms with Gasteiger partial charge in [0.1, 0.15) is 22.8 Å². The highest BCUT2D eigenvalue weighted by Crippen LogP contribution is 2.43.